The monoisotopic (exact) mass is 298 g/mol. The molecular weight excluding hydrogens is 268 g/mol. The predicted octanol–water partition coefficient (Wildman–Crippen LogP) is 3.57. The average Bonchev–Trinajstić information content (AvgIpc) is 3.24. The first-order valence-corrected chi connectivity index (χ1v) is 9.40. The molecule has 1 saturated carbocycles. The molecule has 4 rings (SSSR count). The highest BCUT2D eigenvalue weighted by molar-refractivity contribution is 5.14. The number of hydrogen-bond acceptors (Lipinski definition) is 2. The maximum atomic E-state index is 2.75. The van der Waals surface area contributed by atoms with E-state index in [0.717, 1.165) is 18.0 Å². The van der Waals surface area contributed by atoms with E-state index in [9.17, 15) is 0 Å². The summed E-state index contributed by atoms with van der Waals surface area (Å²) in [7, 11) is 0. The van der Waals surface area contributed by atoms with Crippen LogP contribution in [0.1, 0.15) is 44.1 Å². The van der Waals surface area contributed by atoms with Crippen molar-refractivity contribution in [3.05, 3.63) is 35.9 Å². The lowest BCUT2D eigenvalue weighted by atomic mass is 9.90. The summed E-state index contributed by atoms with van der Waals surface area (Å²) in [6, 6.07) is 12.9. The maximum absolute atomic E-state index is 2.75. The van der Waals surface area contributed by atoms with Gasteiger partial charge in [-0.25, -0.2) is 0 Å². The molecule has 120 valence electrons. The van der Waals surface area contributed by atoms with Gasteiger partial charge >= 0.3 is 0 Å². The molecular formula is C20H30N2. The van der Waals surface area contributed by atoms with Gasteiger partial charge in [-0.15, -0.1) is 0 Å². The Morgan fingerprint density at radius 2 is 1.73 bits per heavy atom. The number of benzene rings is 1. The maximum Gasteiger partial charge on any atom is 0.0354 e. The fraction of sp³-hybridized carbons (Fsp3) is 0.700. The molecule has 3 fully saturated rings. The van der Waals surface area contributed by atoms with E-state index in [2.05, 4.69) is 40.1 Å². The second-order valence-electron chi connectivity index (χ2n) is 7.70. The molecule has 1 aromatic rings. The Morgan fingerprint density at radius 1 is 0.955 bits per heavy atom. The molecule has 2 saturated heterocycles. The van der Waals surface area contributed by atoms with Gasteiger partial charge in [-0.3, -0.25) is 4.90 Å². The number of rotatable bonds is 6. The van der Waals surface area contributed by atoms with Crippen molar-refractivity contribution in [3.8, 4) is 0 Å². The Labute approximate surface area is 135 Å². The van der Waals surface area contributed by atoms with Crippen molar-refractivity contribution in [1.29, 1.82) is 0 Å². The van der Waals surface area contributed by atoms with Gasteiger partial charge in [-0.05, 0) is 63.1 Å². The fourth-order valence-electron chi connectivity index (χ4n) is 4.30. The van der Waals surface area contributed by atoms with Gasteiger partial charge in [0.2, 0.25) is 0 Å². The van der Waals surface area contributed by atoms with Crippen LogP contribution in [-0.4, -0.2) is 48.1 Å². The van der Waals surface area contributed by atoms with Crippen LogP contribution in [-0.2, 0) is 6.42 Å². The first-order chi connectivity index (χ1) is 10.9. The van der Waals surface area contributed by atoms with E-state index in [0.29, 0.717) is 0 Å². The molecule has 0 bridgehead atoms. The van der Waals surface area contributed by atoms with E-state index in [4.69, 9.17) is 0 Å². The molecule has 22 heavy (non-hydrogen) atoms. The first kappa shape index (κ1) is 14.7. The molecule has 2 nitrogen and oxygen atoms in total. The summed E-state index contributed by atoms with van der Waals surface area (Å²) in [5.74, 6) is 0.957. The molecule has 0 N–H and O–H groups in total. The Morgan fingerprint density at radius 3 is 2.41 bits per heavy atom. The smallest absolute Gasteiger partial charge is 0.0354 e. The number of hydrogen-bond donors (Lipinski definition) is 0. The summed E-state index contributed by atoms with van der Waals surface area (Å²) >= 11 is 0. The Bertz CT molecular complexity index is 460. The van der Waals surface area contributed by atoms with Crippen molar-refractivity contribution >= 4 is 0 Å². The van der Waals surface area contributed by atoms with E-state index in [-0.39, 0.29) is 0 Å². The van der Waals surface area contributed by atoms with Crippen LogP contribution in [0.4, 0.5) is 0 Å². The fourth-order valence-corrected chi connectivity index (χ4v) is 4.30. The molecule has 2 unspecified atom stereocenters. The van der Waals surface area contributed by atoms with Crippen molar-refractivity contribution in [2.75, 3.05) is 26.2 Å². The Kier molecular flexibility index (Phi) is 4.49. The van der Waals surface area contributed by atoms with Crippen LogP contribution < -0.4 is 0 Å². The molecule has 0 spiro atoms. The van der Waals surface area contributed by atoms with Crippen LogP contribution in [0.5, 0.6) is 0 Å². The SMILES string of the molecule is c1ccc(CCC2CCN(CC3CN3C3CCC3)CC2)cc1. The molecule has 3 aliphatic rings. The standard InChI is InChI=1S/C20H30N2/c1-2-5-17(6-3-1)9-10-18-11-13-21(14-12-18)15-20-16-22(20)19-7-4-8-19/h1-3,5-6,18-20H,4,7-16H2. The first-order valence-electron chi connectivity index (χ1n) is 9.40. The molecule has 0 aromatic heterocycles. The van der Waals surface area contributed by atoms with Gasteiger partial charge in [0, 0.05) is 25.2 Å². The van der Waals surface area contributed by atoms with E-state index in [1.807, 2.05) is 0 Å². The van der Waals surface area contributed by atoms with E-state index >= 15 is 0 Å². The third-order valence-electron chi connectivity index (χ3n) is 6.16. The summed E-state index contributed by atoms with van der Waals surface area (Å²) in [5, 5.41) is 0. The van der Waals surface area contributed by atoms with Crippen LogP contribution in [0.2, 0.25) is 0 Å². The van der Waals surface area contributed by atoms with Gasteiger partial charge in [-0.1, -0.05) is 36.8 Å². The summed E-state index contributed by atoms with van der Waals surface area (Å²) in [6.07, 6.45) is 9.90. The molecule has 1 aliphatic carbocycles. The lowest BCUT2D eigenvalue weighted by Crippen LogP contribution is -2.38. The summed E-state index contributed by atoms with van der Waals surface area (Å²) in [4.78, 5) is 5.49. The van der Waals surface area contributed by atoms with Crippen molar-refractivity contribution in [2.24, 2.45) is 5.92 Å². The second kappa shape index (κ2) is 6.72. The topological polar surface area (TPSA) is 6.25 Å². The Balaban J connectivity index is 1.14. The van der Waals surface area contributed by atoms with Crippen molar-refractivity contribution in [1.82, 2.24) is 9.80 Å². The third-order valence-corrected chi connectivity index (χ3v) is 6.16. The highest BCUT2D eigenvalue weighted by Gasteiger charge is 2.42. The Hall–Kier alpha value is -0.860. The van der Waals surface area contributed by atoms with Crippen LogP contribution in [0.3, 0.4) is 0 Å². The zero-order valence-electron chi connectivity index (χ0n) is 13.8. The third kappa shape index (κ3) is 3.55. The minimum absolute atomic E-state index is 0.908. The average molecular weight is 298 g/mol. The quantitative estimate of drug-likeness (QED) is 0.741. The van der Waals surface area contributed by atoms with Crippen LogP contribution in [0.25, 0.3) is 0 Å². The van der Waals surface area contributed by atoms with Gasteiger partial charge < -0.3 is 4.90 Å². The van der Waals surface area contributed by atoms with Gasteiger partial charge in [0.05, 0.1) is 0 Å². The van der Waals surface area contributed by atoms with Gasteiger partial charge in [-0.2, -0.15) is 0 Å². The highest BCUT2D eigenvalue weighted by atomic mass is 15.4. The van der Waals surface area contributed by atoms with Crippen LogP contribution in [0, 0.1) is 5.92 Å². The zero-order valence-corrected chi connectivity index (χ0v) is 13.8. The van der Waals surface area contributed by atoms with Gasteiger partial charge in [0.1, 0.15) is 0 Å². The van der Waals surface area contributed by atoms with Gasteiger partial charge in [0.15, 0.2) is 0 Å². The molecule has 1 aromatic carbocycles. The minimum atomic E-state index is 0.908. The lowest BCUT2D eigenvalue weighted by Gasteiger charge is -2.33. The molecule has 0 amide bonds. The number of nitrogens with zero attached hydrogens (tertiary/aromatic N) is 2. The molecule has 0 radical (unpaired) electrons. The van der Waals surface area contributed by atoms with Crippen molar-refractivity contribution < 1.29 is 0 Å². The van der Waals surface area contributed by atoms with E-state index in [1.54, 1.807) is 0 Å². The lowest BCUT2D eigenvalue weighted by molar-refractivity contribution is 0.162. The van der Waals surface area contributed by atoms with Crippen molar-refractivity contribution in [2.45, 2.75) is 57.0 Å². The minimum Gasteiger partial charge on any atom is -0.302 e. The number of piperidine rings is 1. The zero-order chi connectivity index (χ0) is 14.8. The van der Waals surface area contributed by atoms with E-state index < -0.39 is 0 Å². The van der Waals surface area contributed by atoms with E-state index in [1.165, 1.54) is 76.7 Å². The van der Waals surface area contributed by atoms with Crippen LogP contribution in [0.15, 0.2) is 30.3 Å². The predicted molar refractivity (Wildman–Crippen MR) is 92.1 cm³/mol. The molecule has 2 aliphatic heterocycles. The highest BCUT2D eigenvalue weighted by Crippen LogP contribution is 2.34. The normalized spacial score (nSPS) is 30.2. The number of likely N-dealkylation sites (tertiary alicyclic amines) is 1. The molecule has 2 heteroatoms. The number of aryl methyl sites for hydroxylation is 1. The summed E-state index contributed by atoms with van der Waals surface area (Å²) in [5.41, 5.74) is 1.51. The van der Waals surface area contributed by atoms with Crippen molar-refractivity contribution in [3.63, 3.8) is 0 Å². The largest absolute Gasteiger partial charge is 0.302 e. The van der Waals surface area contributed by atoms with Crippen LogP contribution >= 0.6 is 0 Å². The summed E-state index contributed by atoms with van der Waals surface area (Å²) < 4.78 is 0. The van der Waals surface area contributed by atoms with Gasteiger partial charge in [0.25, 0.3) is 0 Å². The molecule has 2 heterocycles. The summed E-state index contributed by atoms with van der Waals surface area (Å²) in [6.45, 7) is 5.42. The second-order valence-corrected chi connectivity index (χ2v) is 7.70. The molecule has 2 atom stereocenters.